The summed E-state index contributed by atoms with van der Waals surface area (Å²) in [7, 11) is 0. The van der Waals surface area contributed by atoms with Crippen molar-refractivity contribution in [1.82, 2.24) is 0 Å². The third-order valence-electron chi connectivity index (χ3n) is 4.62. The maximum Gasteiger partial charge on any atom is 0.344 e. The van der Waals surface area contributed by atoms with Gasteiger partial charge in [-0.05, 0) is 43.0 Å². The quantitative estimate of drug-likeness (QED) is 0.612. The van der Waals surface area contributed by atoms with Crippen LogP contribution in [0.3, 0.4) is 0 Å². The van der Waals surface area contributed by atoms with Gasteiger partial charge in [0.15, 0.2) is 5.78 Å². The summed E-state index contributed by atoms with van der Waals surface area (Å²) >= 11 is 0. The summed E-state index contributed by atoms with van der Waals surface area (Å²) in [5, 5.41) is 2.13. The lowest BCUT2D eigenvalue weighted by Crippen LogP contribution is -2.15. The molecular weight excluding hydrogens is 288 g/mol. The van der Waals surface area contributed by atoms with E-state index < -0.39 is 0 Å². The van der Waals surface area contributed by atoms with Crippen molar-refractivity contribution in [2.45, 2.75) is 26.2 Å². The highest BCUT2D eigenvalue weighted by Gasteiger charge is 2.35. The minimum Gasteiger partial charge on any atom is -0.427 e. The van der Waals surface area contributed by atoms with E-state index in [9.17, 15) is 9.59 Å². The fourth-order valence-electron chi connectivity index (χ4n) is 3.46. The molecule has 3 nitrogen and oxygen atoms in total. The molecule has 0 saturated heterocycles. The van der Waals surface area contributed by atoms with E-state index in [0.717, 1.165) is 29.2 Å². The van der Waals surface area contributed by atoms with E-state index >= 15 is 0 Å². The van der Waals surface area contributed by atoms with Gasteiger partial charge in [-0.25, -0.2) is 4.79 Å². The molecule has 0 saturated carbocycles. The van der Waals surface area contributed by atoms with Crippen molar-refractivity contribution in [3.05, 3.63) is 70.5 Å². The van der Waals surface area contributed by atoms with Gasteiger partial charge in [0.25, 0.3) is 0 Å². The summed E-state index contributed by atoms with van der Waals surface area (Å²) in [4.78, 5) is 25.1. The highest BCUT2D eigenvalue weighted by atomic mass is 16.5. The van der Waals surface area contributed by atoms with Crippen molar-refractivity contribution in [1.29, 1.82) is 0 Å². The Morgan fingerprint density at radius 3 is 2.65 bits per heavy atom. The number of cyclic esters (lactones) is 1. The van der Waals surface area contributed by atoms with Crippen LogP contribution >= 0.6 is 0 Å². The summed E-state index contributed by atoms with van der Waals surface area (Å²) in [5.74, 6) is 0.212. The second kappa shape index (κ2) is 5.20. The molecule has 0 bridgehead atoms. The Labute approximate surface area is 134 Å². The number of allylic oxidation sites excluding steroid dienone is 2. The number of benzene rings is 2. The fraction of sp³-hybridized carbons (Fsp3) is 0.200. The van der Waals surface area contributed by atoms with Crippen molar-refractivity contribution in [3.63, 3.8) is 0 Å². The third-order valence-corrected chi connectivity index (χ3v) is 4.62. The van der Waals surface area contributed by atoms with E-state index in [1.165, 1.54) is 0 Å². The van der Waals surface area contributed by atoms with Crippen LogP contribution in [-0.4, -0.2) is 11.8 Å². The number of carbonyl (C=O) groups is 2. The van der Waals surface area contributed by atoms with Crippen molar-refractivity contribution < 1.29 is 14.3 Å². The first-order valence-electron chi connectivity index (χ1n) is 7.84. The van der Waals surface area contributed by atoms with Crippen LogP contribution in [0.25, 0.3) is 10.8 Å². The van der Waals surface area contributed by atoms with Crippen LogP contribution in [0.5, 0.6) is 0 Å². The molecule has 0 fully saturated rings. The van der Waals surface area contributed by atoms with E-state index in [-0.39, 0.29) is 11.8 Å². The normalized spacial score (nSPS) is 17.5. The van der Waals surface area contributed by atoms with E-state index in [2.05, 4.69) is 0 Å². The van der Waals surface area contributed by atoms with Crippen molar-refractivity contribution in [3.8, 4) is 0 Å². The van der Waals surface area contributed by atoms with Crippen molar-refractivity contribution in [2.75, 3.05) is 0 Å². The standard InChI is InChI=1S/C20H16O3/c1-12-16-7-4-8-17(18(16)20(22)23-12)19(21)15-10-9-13-5-2-3-6-14(13)11-15/h2-3,5-6,9-11H,4,7-8H2,1H3. The number of fused-ring (bicyclic) bond motifs is 2. The van der Waals surface area contributed by atoms with Crippen molar-refractivity contribution in [2.24, 2.45) is 0 Å². The van der Waals surface area contributed by atoms with Crippen LogP contribution in [-0.2, 0) is 9.53 Å². The minimum absolute atomic E-state index is 0.0606. The first kappa shape index (κ1) is 13.9. The van der Waals surface area contributed by atoms with Gasteiger partial charge in [-0.3, -0.25) is 4.79 Å². The number of hydrogen-bond acceptors (Lipinski definition) is 3. The predicted octanol–water partition coefficient (Wildman–Crippen LogP) is 4.33. The van der Waals surface area contributed by atoms with E-state index in [1.54, 1.807) is 6.92 Å². The van der Waals surface area contributed by atoms with Crippen molar-refractivity contribution >= 4 is 22.5 Å². The zero-order chi connectivity index (χ0) is 16.0. The first-order valence-corrected chi connectivity index (χ1v) is 7.84. The zero-order valence-corrected chi connectivity index (χ0v) is 12.9. The van der Waals surface area contributed by atoms with Gasteiger partial charge in [0.05, 0.1) is 5.57 Å². The first-order chi connectivity index (χ1) is 11.1. The molecule has 0 radical (unpaired) electrons. The molecule has 2 aromatic rings. The Morgan fingerprint density at radius 2 is 1.83 bits per heavy atom. The van der Waals surface area contributed by atoms with Crippen LogP contribution in [0, 0.1) is 0 Å². The third kappa shape index (κ3) is 2.20. The molecule has 1 aliphatic carbocycles. The summed E-state index contributed by atoms with van der Waals surface area (Å²) < 4.78 is 5.23. The van der Waals surface area contributed by atoms with Crippen LogP contribution in [0.1, 0.15) is 36.5 Å². The molecular formula is C20H16O3. The number of ether oxygens (including phenoxy) is 1. The topological polar surface area (TPSA) is 43.4 Å². The SMILES string of the molecule is CC1=C2CCCC(C(=O)c3ccc4ccccc4c3)=C2C(=O)O1. The van der Waals surface area contributed by atoms with Gasteiger partial charge in [-0.15, -0.1) is 0 Å². The molecule has 1 heterocycles. The molecule has 0 spiro atoms. The van der Waals surface area contributed by atoms with Crippen LogP contribution in [0.15, 0.2) is 64.9 Å². The molecule has 1 aliphatic heterocycles. The number of Topliss-reactive ketones (excluding diaryl/α,β-unsaturated/α-hetero) is 1. The lowest BCUT2D eigenvalue weighted by Gasteiger charge is -2.16. The van der Waals surface area contributed by atoms with Crippen LogP contribution < -0.4 is 0 Å². The molecule has 0 amide bonds. The number of hydrogen-bond donors (Lipinski definition) is 0. The molecule has 0 N–H and O–H groups in total. The largest absolute Gasteiger partial charge is 0.427 e. The smallest absolute Gasteiger partial charge is 0.344 e. The number of ketones is 1. The van der Waals surface area contributed by atoms with Gasteiger partial charge < -0.3 is 4.74 Å². The van der Waals surface area contributed by atoms with Gasteiger partial charge in [-0.2, -0.15) is 0 Å². The molecule has 114 valence electrons. The summed E-state index contributed by atoms with van der Waals surface area (Å²) in [6, 6.07) is 13.6. The number of carbonyl (C=O) groups excluding carboxylic acids is 2. The van der Waals surface area contributed by atoms with Gasteiger partial charge >= 0.3 is 5.97 Å². The molecule has 2 aliphatic rings. The van der Waals surface area contributed by atoms with E-state index in [0.29, 0.717) is 28.9 Å². The van der Waals surface area contributed by atoms with E-state index in [4.69, 9.17) is 4.74 Å². The molecule has 23 heavy (non-hydrogen) atoms. The number of rotatable bonds is 2. The molecule has 0 aromatic heterocycles. The van der Waals surface area contributed by atoms with Crippen LogP contribution in [0.4, 0.5) is 0 Å². The lowest BCUT2D eigenvalue weighted by molar-refractivity contribution is -0.133. The Bertz CT molecular complexity index is 915. The second-order valence-corrected chi connectivity index (χ2v) is 6.02. The Balaban J connectivity index is 1.82. The molecule has 3 heteroatoms. The van der Waals surface area contributed by atoms with Gasteiger partial charge in [0.2, 0.25) is 0 Å². The second-order valence-electron chi connectivity index (χ2n) is 6.02. The molecule has 2 aromatic carbocycles. The highest BCUT2D eigenvalue weighted by molar-refractivity contribution is 6.16. The van der Waals surface area contributed by atoms with Crippen LogP contribution in [0.2, 0.25) is 0 Å². The van der Waals surface area contributed by atoms with E-state index in [1.807, 2.05) is 42.5 Å². The summed E-state index contributed by atoms with van der Waals surface area (Å²) in [6.07, 6.45) is 2.32. The van der Waals surface area contributed by atoms with Gasteiger partial charge in [0.1, 0.15) is 5.76 Å². The minimum atomic E-state index is -0.374. The Hall–Kier alpha value is -2.68. The lowest BCUT2D eigenvalue weighted by atomic mass is 9.84. The molecule has 0 unspecified atom stereocenters. The van der Waals surface area contributed by atoms with Gasteiger partial charge in [0, 0.05) is 16.7 Å². The predicted molar refractivity (Wildman–Crippen MR) is 87.9 cm³/mol. The summed E-state index contributed by atoms with van der Waals surface area (Å²) in [5.41, 5.74) is 2.64. The average Bonchev–Trinajstić information content (AvgIpc) is 2.88. The average molecular weight is 304 g/mol. The van der Waals surface area contributed by atoms with Gasteiger partial charge in [-0.1, -0.05) is 36.4 Å². The zero-order valence-electron chi connectivity index (χ0n) is 12.9. The monoisotopic (exact) mass is 304 g/mol. The fourth-order valence-corrected chi connectivity index (χ4v) is 3.46. The number of esters is 1. The molecule has 4 rings (SSSR count). The Morgan fingerprint density at radius 1 is 1.04 bits per heavy atom. The Kier molecular flexibility index (Phi) is 3.15. The molecule has 0 atom stereocenters. The highest BCUT2D eigenvalue weighted by Crippen LogP contribution is 2.39. The maximum absolute atomic E-state index is 13.0. The summed E-state index contributed by atoms with van der Waals surface area (Å²) in [6.45, 7) is 1.80. The maximum atomic E-state index is 13.0.